The van der Waals surface area contributed by atoms with Gasteiger partial charge in [-0.3, -0.25) is 4.74 Å². The molecule has 74 valence electrons. The van der Waals surface area contributed by atoms with Gasteiger partial charge in [-0.15, -0.1) is 25.6 Å². The van der Waals surface area contributed by atoms with Crippen molar-refractivity contribution in [2.75, 3.05) is 0 Å². The number of aliphatic hydroxyl groups is 1. The predicted octanol–water partition coefficient (Wildman–Crippen LogP) is 1.86. The van der Waals surface area contributed by atoms with Gasteiger partial charge in [0.1, 0.15) is 0 Å². The molecule has 2 nitrogen and oxygen atoms in total. The molecule has 1 aliphatic rings. The first kappa shape index (κ1) is 12.0. The Morgan fingerprint density at radius 1 is 1.25 bits per heavy atom. The number of ether oxygens (including phenoxy) is 1. The summed E-state index contributed by atoms with van der Waals surface area (Å²) in [7, 11) is 0. The van der Waals surface area contributed by atoms with E-state index in [1.807, 2.05) is 0 Å². The quantitative estimate of drug-likeness (QED) is 0.710. The van der Waals surface area contributed by atoms with Gasteiger partial charge in [-0.25, -0.2) is 0 Å². The van der Waals surface area contributed by atoms with Gasteiger partial charge in [-0.05, 0) is 19.3 Å². The van der Waals surface area contributed by atoms with Gasteiger partial charge in [0.15, 0.2) is 0 Å². The first-order chi connectivity index (χ1) is 4.97. The number of alkyl halides is 3. The monoisotopic (exact) mass is 206 g/mol. The van der Waals surface area contributed by atoms with Gasteiger partial charge in [-0.2, -0.15) is 0 Å². The largest absolute Gasteiger partial charge is 0.522 e. The Morgan fingerprint density at radius 3 is 2.17 bits per heavy atom. The number of hydrogen-bond donors (Lipinski definition) is 1. The topological polar surface area (TPSA) is 29.5 Å². The standard InChI is InChI=1S/C6H9F3O2.ClH/c7-6(8,9)11-5-2-1-4(10)3-5;/h4-5,10H,1-3H2;1H. The summed E-state index contributed by atoms with van der Waals surface area (Å²) in [6.45, 7) is 0. The summed E-state index contributed by atoms with van der Waals surface area (Å²) in [5, 5.41) is 8.85. The van der Waals surface area contributed by atoms with Crippen molar-refractivity contribution in [3.8, 4) is 0 Å². The molecule has 0 aromatic rings. The van der Waals surface area contributed by atoms with Crippen molar-refractivity contribution in [3.05, 3.63) is 0 Å². The van der Waals surface area contributed by atoms with Gasteiger partial charge in [0, 0.05) is 0 Å². The summed E-state index contributed by atoms with van der Waals surface area (Å²) in [5.41, 5.74) is 0. The van der Waals surface area contributed by atoms with Gasteiger partial charge in [0.25, 0.3) is 0 Å². The van der Waals surface area contributed by atoms with Gasteiger partial charge >= 0.3 is 6.36 Å². The minimum Gasteiger partial charge on any atom is -0.393 e. The zero-order valence-corrected chi connectivity index (χ0v) is 6.99. The van der Waals surface area contributed by atoms with Crippen LogP contribution in [0.2, 0.25) is 0 Å². The second-order valence-electron chi connectivity index (χ2n) is 2.65. The SMILES string of the molecule is Cl.OC1CCC(OC(F)(F)F)C1. The van der Waals surface area contributed by atoms with Gasteiger partial charge in [-0.1, -0.05) is 0 Å². The Labute approximate surface area is 74.1 Å². The summed E-state index contributed by atoms with van der Waals surface area (Å²) in [4.78, 5) is 0. The maximum atomic E-state index is 11.5. The summed E-state index contributed by atoms with van der Waals surface area (Å²) in [6.07, 6.45) is -5.23. The lowest BCUT2D eigenvalue weighted by Crippen LogP contribution is -2.22. The second-order valence-corrected chi connectivity index (χ2v) is 2.65. The number of hydrogen-bond acceptors (Lipinski definition) is 2. The molecule has 0 saturated heterocycles. The molecule has 0 bridgehead atoms. The minimum absolute atomic E-state index is 0. The molecule has 0 spiro atoms. The summed E-state index contributed by atoms with van der Waals surface area (Å²) >= 11 is 0. The van der Waals surface area contributed by atoms with Crippen LogP contribution in [0.4, 0.5) is 13.2 Å². The van der Waals surface area contributed by atoms with Crippen LogP contribution in [-0.2, 0) is 4.74 Å². The van der Waals surface area contributed by atoms with Crippen molar-refractivity contribution in [1.29, 1.82) is 0 Å². The lowest BCUT2D eigenvalue weighted by atomic mass is 10.3. The van der Waals surface area contributed by atoms with Crippen molar-refractivity contribution in [3.63, 3.8) is 0 Å². The third kappa shape index (κ3) is 4.13. The summed E-state index contributed by atoms with van der Waals surface area (Å²) in [5.74, 6) is 0. The summed E-state index contributed by atoms with van der Waals surface area (Å²) in [6, 6.07) is 0. The third-order valence-corrected chi connectivity index (χ3v) is 1.66. The Kier molecular flexibility index (Phi) is 4.30. The first-order valence-corrected chi connectivity index (χ1v) is 3.40. The molecule has 0 aliphatic heterocycles. The van der Waals surface area contributed by atoms with Crippen LogP contribution < -0.4 is 0 Å². The van der Waals surface area contributed by atoms with Gasteiger partial charge < -0.3 is 5.11 Å². The van der Waals surface area contributed by atoms with Crippen molar-refractivity contribution in [1.82, 2.24) is 0 Å². The number of aliphatic hydroxyl groups excluding tert-OH is 1. The van der Waals surface area contributed by atoms with Crippen LogP contribution in [0.3, 0.4) is 0 Å². The molecule has 2 unspecified atom stereocenters. The van der Waals surface area contributed by atoms with E-state index >= 15 is 0 Å². The zero-order valence-electron chi connectivity index (χ0n) is 6.17. The highest BCUT2D eigenvalue weighted by molar-refractivity contribution is 5.85. The molecule has 1 fully saturated rings. The third-order valence-electron chi connectivity index (χ3n) is 1.66. The molecule has 0 radical (unpaired) electrons. The lowest BCUT2D eigenvalue weighted by molar-refractivity contribution is -0.342. The van der Waals surface area contributed by atoms with Crippen LogP contribution in [0, 0.1) is 0 Å². The van der Waals surface area contributed by atoms with E-state index in [1.54, 1.807) is 0 Å². The molecular formula is C6H10ClF3O2. The van der Waals surface area contributed by atoms with Gasteiger partial charge in [0.2, 0.25) is 0 Å². The molecule has 1 N–H and O–H groups in total. The predicted molar refractivity (Wildman–Crippen MR) is 38.0 cm³/mol. The number of rotatable bonds is 1. The smallest absolute Gasteiger partial charge is 0.393 e. The molecule has 0 aromatic carbocycles. The molecule has 0 amide bonds. The molecule has 0 aromatic heterocycles. The van der Waals surface area contributed by atoms with E-state index in [0.717, 1.165) is 0 Å². The van der Waals surface area contributed by atoms with E-state index < -0.39 is 18.6 Å². The van der Waals surface area contributed by atoms with Crippen LogP contribution in [-0.4, -0.2) is 23.7 Å². The maximum absolute atomic E-state index is 11.5. The van der Waals surface area contributed by atoms with Crippen molar-refractivity contribution >= 4 is 12.4 Å². The van der Waals surface area contributed by atoms with E-state index in [0.29, 0.717) is 12.8 Å². The highest BCUT2D eigenvalue weighted by Gasteiger charge is 2.36. The maximum Gasteiger partial charge on any atom is 0.522 e. The van der Waals surface area contributed by atoms with E-state index in [2.05, 4.69) is 4.74 Å². The summed E-state index contributed by atoms with van der Waals surface area (Å²) < 4.78 is 38.3. The zero-order chi connectivity index (χ0) is 8.48. The molecule has 2 atom stereocenters. The van der Waals surface area contributed by atoms with E-state index in [1.165, 1.54) is 0 Å². The van der Waals surface area contributed by atoms with E-state index in [4.69, 9.17) is 5.11 Å². The van der Waals surface area contributed by atoms with Crippen LogP contribution >= 0.6 is 12.4 Å². The Hall–Kier alpha value is -0.0000000000000000555. The van der Waals surface area contributed by atoms with Crippen molar-refractivity contribution in [2.45, 2.75) is 37.8 Å². The van der Waals surface area contributed by atoms with Gasteiger partial charge in [0.05, 0.1) is 12.2 Å². The second kappa shape index (κ2) is 4.30. The van der Waals surface area contributed by atoms with E-state index in [-0.39, 0.29) is 18.8 Å². The normalized spacial score (nSPS) is 30.0. The van der Waals surface area contributed by atoms with Crippen molar-refractivity contribution < 1.29 is 23.0 Å². The Morgan fingerprint density at radius 2 is 1.83 bits per heavy atom. The molecule has 1 aliphatic carbocycles. The molecule has 12 heavy (non-hydrogen) atoms. The number of halogens is 4. The van der Waals surface area contributed by atoms with Crippen molar-refractivity contribution in [2.24, 2.45) is 0 Å². The molecule has 1 rings (SSSR count). The fourth-order valence-corrected chi connectivity index (χ4v) is 1.21. The first-order valence-electron chi connectivity index (χ1n) is 3.40. The highest BCUT2D eigenvalue weighted by atomic mass is 35.5. The average molecular weight is 207 g/mol. The van der Waals surface area contributed by atoms with E-state index in [9.17, 15) is 13.2 Å². The van der Waals surface area contributed by atoms with Crippen LogP contribution in [0.5, 0.6) is 0 Å². The molecule has 6 heteroatoms. The van der Waals surface area contributed by atoms with Crippen LogP contribution in [0.15, 0.2) is 0 Å². The average Bonchev–Trinajstić information content (AvgIpc) is 2.10. The fraction of sp³-hybridized carbons (Fsp3) is 1.00. The lowest BCUT2D eigenvalue weighted by Gasteiger charge is -2.12. The Bertz CT molecular complexity index is 139. The molecule has 0 heterocycles. The van der Waals surface area contributed by atoms with Crippen LogP contribution in [0.25, 0.3) is 0 Å². The molecular weight excluding hydrogens is 197 g/mol. The minimum atomic E-state index is -4.56. The fourth-order valence-electron chi connectivity index (χ4n) is 1.21. The highest BCUT2D eigenvalue weighted by Crippen LogP contribution is 2.28. The Balaban J connectivity index is 0.00000121. The molecule has 1 saturated carbocycles. The van der Waals surface area contributed by atoms with Crippen LogP contribution in [0.1, 0.15) is 19.3 Å².